The van der Waals surface area contributed by atoms with Gasteiger partial charge in [-0.15, -0.1) is 0 Å². The fourth-order valence-electron chi connectivity index (χ4n) is 12.7. The molecule has 3 N–H and O–H groups in total. The van der Waals surface area contributed by atoms with Crippen LogP contribution in [0.25, 0.3) is 0 Å². The highest BCUT2D eigenvalue weighted by Crippen LogP contribution is 2.62. The number of ketones is 1. The molecule has 0 spiro atoms. The van der Waals surface area contributed by atoms with Gasteiger partial charge in [-0.05, 0) is 161 Å². The second kappa shape index (κ2) is 16.5. The topological polar surface area (TPSA) is 89.9 Å². The average Bonchev–Trinajstić information content (AvgIpc) is 3.43. The van der Waals surface area contributed by atoms with Gasteiger partial charge in [0.25, 0.3) is 0 Å². The SMILES string of the molecule is CC1=CCCC2(C)C(CCC2(O)CN(CC23CC4CC(CC(C4)C2)C3)C(=O)NC(C)c2ccccc2)c2ccc(cc2C(=O)Cc2c(F)cccc2Cl)CC(O)CC1. The zero-order valence-corrected chi connectivity index (χ0v) is 35.4. The Morgan fingerprint density at radius 1 is 0.948 bits per heavy atom. The molecule has 3 aromatic rings. The molecular weight excluding hydrogens is 747 g/mol. The number of nitrogens with zero attached hydrogens (tertiary/aromatic N) is 1. The number of hydrogen-bond donors (Lipinski definition) is 3. The molecule has 0 aromatic heterocycles. The third-order valence-electron chi connectivity index (χ3n) is 15.4. The van der Waals surface area contributed by atoms with Crippen LogP contribution in [0.1, 0.15) is 142 Å². The first-order valence-electron chi connectivity index (χ1n) is 22.0. The van der Waals surface area contributed by atoms with Crippen molar-refractivity contribution in [2.45, 2.75) is 134 Å². The number of carbonyl (C=O) groups excluding carboxylic acids is 2. The molecule has 8 heteroatoms. The lowest BCUT2D eigenvalue weighted by molar-refractivity contribution is -0.0985. The van der Waals surface area contributed by atoms with Crippen LogP contribution in [0, 0.1) is 34.4 Å². The van der Waals surface area contributed by atoms with Crippen molar-refractivity contribution in [3.63, 3.8) is 0 Å². The Morgan fingerprint density at radius 3 is 2.34 bits per heavy atom. The van der Waals surface area contributed by atoms with Crippen LogP contribution in [0.4, 0.5) is 9.18 Å². The Kier molecular flexibility index (Phi) is 11.7. The third kappa shape index (κ3) is 8.30. The maximum absolute atomic E-state index is 15.1. The van der Waals surface area contributed by atoms with Crippen LogP contribution in [0.2, 0.25) is 5.02 Å². The van der Waals surface area contributed by atoms with Gasteiger partial charge in [-0.1, -0.05) is 78.7 Å². The Bertz CT molecular complexity index is 1980. The predicted molar refractivity (Wildman–Crippen MR) is 228 cm³/mol. The van der Waals surface area contributed by atoms with Crippen molar-refractivity contribution in [2.75, 3.05) is 13.1 Å². The van der Waals surface area contributed by atoms with Crippen LogP contribution < -0.4 is 5.32 Å². The van der Waals surface area contributed by atoms with Crippen molar-refractivity contribution < 1.29 is 24.2 Å². The molecule has 7 aliphatic rings. The van der Waals surface area contributed by atoms with Gasteiger partial charge in [-0.3, -0.25) is 4.79 Å². The summed E-state index contributed by atoms with van der Waals surface area (Å²) in [5.41, 5.74) is 2.68. The fraction of sp³-hybridized carbons (Fsp3) is 0.560. The summed E-state index contributed by atoms with van der Waals surface area (Å²) in [4.78, 5) is 31.2. The van der Waals surface area contributed by atoms with Gasteiger partial charge in [-0.2, -0.15) is 0 Å². The summed E-state index contributed by atoms with van der Waals surface area (Å²) in [6.07, 6.45) is 13.1. The van der Waals surface area contributed by atoms with Crippen molar-refractivity contribution in [2.24, 2.45) is 28.6 Å². The van der Waals surface area contributed by atoms with Crippen molar-refractivity contribution >= 4 is 23.4 Å². The highest BCUT2D eigenvalue weighted by atomic mass is 35.5. The highest BCUT2D eigenvalue weighted by molar-refractivity contribution is 6.31. The zero-order chi connectivity index (χ0) is 40.8. The standard InChI is InChI=1S/C50H62ClFN2O4/c1-32-9-8-19-48(3)43(40-17-15-34(24-39(55)16-14-32)25-41(40)46(56)26-42-44(51)12-7-13-45(42)52)18-20-50(48,58)31-54(47(57)53-33(2)38-10-5-4-6-11-38)30-49-27-35-21-36(28-49)23-37(22-35)29-49/h4-7,9-13,15,17,25,33,35-37,39,43,55,58H,8,14,16,18-24,26-31H2,1-3H3,(H,53,57). The number of hydrogen-bond acceptors (Lipinski definition) is 4. The van der Waals surface area contributed by atoms with Gasteiger partial charge in [0.2, 0.25) is 0 Å². The average molecular weight is 810 g/mol. The van der Waals surface area contributed by atoms with E-state index in [9.17, 15) is 19.8 Å². The molecule has 2 amide bonds. The molecule has 58 heavy (non-hydrogen) atoms. The molecule has 10 rings (SSSR count). The molecule has 5 saturated carbocycles. The number of fused-ring (bicyclic) bond motifs is 8. The second-order valence-corrected chi connectivity index (χ2v) is 20.0. The van der Waals surface area contributed by atoms with Gasteiger partial charge in [-0.25, -0.2) is 9.18 Å². The number of aliphatic hydroxyl groups is 2. The first-order valence-corrected chi connectivity index (χ1v) is 22.4. The minimum Gasteiger partial charge on any atom is -0.393 e. The van der Waals surface area contributed by atoms with Crippen LogP contribution in [0.3, 0.4) is 0 Å². The van der Waals surface area contributed by atoms with E-state index in [4.69, 9.17) is 11.6 Å². The van der Waals surface area contributed by atoms with E-state index >= 15 is 4.39 Å². The first kappa shape index (κ1) is 41.2. The number of amides is 2. The molecule has 0 heterocycles. The van der Waals surface area contributed by atoms with Gasteiger partial charge >= 0.3 is 6.03 Å². The molecule has 0 saturated heterocycles. The number of carbonyl (C=O) groups is 2. The van der Waals surface area contributed by atoms with E-state index in [1.165, 1.54) is 30.9 Å². The molecule has 5 unspecified atom stereocenters. The minimum atomic E-state index is -1.25. The van der Waals surface area contributed by atoms with Gasteiger partial charge in [0, 0.05) is 34.5 Å². The number of aliphatic hydroxyl groups excluding tert-OH is 1. The van der Waals surface area contributed by atoms with E-state index in [0.717, 1.165) is 66.5 Å². The monoisotopic (exact) mass is 808 g/mol. The first-order chi connectivity index (χ1) is 27.7. The van der Waals surface area contributed by atoms with Crippen molar-refractivity contribution in [1.29, 1.82) is 0 Å². The highest BCUT2D eigenvalue weighted by Gasteiger charge is 2.59. The summed E-state index contributed by atoms with van der Waals surface area (Å²) >= 11 is 6.46. The summed E-state index contributed by atoms with van der Waals surface area (Å²) < 4.78 is 15.1. The molecule has 5 fully saturated rings. The molecule has 5 atom stereocenters. The largest absolute Gasteiger partial charge is 0.393 e. The third-order valence-corrected chi connectivity index (χ3v) is 15.8. The van der Waals surface area contributed by atoms with E-state index in [0.29, 0.717) is 44.2 Å². The maximum atomic E-state index is 15.1. The van der Waals surface area contributed by atoms with Crippen LogP contribution >= 0.6 is 11.6 Å². The van der Waals surface area contributed by atoms with Gasteiger partial charge in [0.05, 0.1) is 24.3 Å². The summed E-state index contributed by atoms with van der Waals surface area (Å²) in [5, 5.41) is 28.0. The fourth-order valence-corrected chi connectivity index (χ4v) is 12.9. The lowest BCUT2D eigenvalue weighted by Gasteiger charge is -2.58. The number of benzene rings is 3. The van der Waals surface area contributed by atoms with Gasteiger partial charge < -0.3 is 20.4 Å². The minimum absolute atomic E-state index is 0.0639. The molecule has 310 valence electrons. The predicted octanol–water partition coefficient (Wildman–Crippen LogP) is 10.9. The summed E-state index contributed by atoms with van der Waals surface area (Å²) in [6.45, 7) is 7.15. The number of rotatable bonds is 9. The number of halogens is 2. The van der Waals surface area contributed by atoms with Crippen molar-refractivity contribution in [1.82, 2.24) is 10.2 Å². The van der Waals surface area contributed by atoms with Crippen molar-refractivity contribution in [3.8, 4) is 0 Å². The van der Waals surface area contributed by atoms with Crippen LogP contribution in [-0.4, -0.2) is 51.7 Å². The van der Waals surface area contributed by atoms with Gasteiger partial charge in [0.15, 0.2) is 5.78 Å². The number of allylic oxidation sites excluding steroid dienone is 2. The molecule has 0 aliphatic heterocycles. The van der Waals surface area contributed by atoms with Crippen LogP contribution in [0.15, 0.2) is 78.4 Å². The smallest absolute Gasteiger partial charge is 0.317 e. The van der Waals surface area contributed by atoms with E-state index in [-0.39, 0.29) is 52.7 Å². The molecule has 6 bridgehead atoms. The second-order valence-electron chi connectivity index (χ2n) is 19.6. The lowest BCUT2D eigenvalue weighted by Crippen LogP contribution is -2.59. The molecule has 0 radical (unpaired) electrons. The summed E-state index contributed by atoms with van der Waals surface area (Å²) in [6, 6.07) is 20.1. The molecule has 3 aromatic carbocycles. The molecular formula is C50H62ClFN2O4. The maximum Gasteiger partial charge on any atom is 0.317 e. The van der Waals surface area contributed by atoms with Crippen LogP contribution in [-0.2, 0) is 12.8 Å². The lowest BCUT2D eigenvalue weighted by atomic mass is 9.49. The molecule has 6 nitrogen and oxygen atoms in total. The molecule has 7 aliphatic carbocycles. The van der Waals surface area contributed by atoms with E-state index in [1.54, 1.807) is 12.1 Å². The Hall–Kier alpha value is -3.52. The summed E-state index contributed by atoms with van der Waals surface area (Å²) in [5.74, 6) is 1.21. The Morgan fingerprint density at radius 2 is 1.66 bits per heavy atom. The quantitative estimate of drug-likeness (QED) is 0.148. The number of Topliss-reactive ketones (excluding diaryl/α,β-unsaturated/α-hetero) is 1. The Labute approximate surface area is 349 Å². The number of nitrogens with one attached hydrogen (secondary N) is 1. The van der Waals surface area contributed by atoms with Gasteiger partial charge in [0.1, 0.15) is 5.82 Å². The van der Waals surface area contributed by atoms with E-state index in [1.807, 2.05) is 60.4 Å². The Balaban J connectivity index is 1.17. The summed E-state index contributed by atoms with van der Waals surface area (Å²) in [7, 11) is 0. The van der Waals surface area contributed by atoms with Crippen molar-refractivity contribution in [3.05, 3.63) is 117 Å². The van der Waals surface area contributed by atoms with E-state index < -0.39 is 22.9 Å². The number of urea groups is 1. The zero-order valence-electron chi connectivity index (χ0n) is 34.6. The van der Waals surface area contributed by atoms with E-state index in [2.05, 4.69) is 25.2 Å². The van der Waals surface area contributed by atoms with Crippen LogP contribution in [0.5, 0.6) is 0 Å². The normalized spacial score (nSPS) is 32.3.